The predicted molar refractivity (Wildman–Crippen MR) is 70.9 cm³/mol. The van der Waals surface area contributed by atoms with Crippen LogP contribution in [0.2, 0.25) is 0 Å². The number of nitrogens with zero attached hydrogens (tertiary/aromatic N) is 4. The van der Waals surface area contributed by atoms with Crippen LogP contribution in [-0.2, 0) is 18.9 Å². The third kappa shape index (κ3) is 2.41. The highest BCUT2D eigenvalue weighted by Gasteiger charge is 2.23. The topological polar surface area (TPSA) is 69.2 Å². The summed E-state index contributed by atoms with van der Waals surface area (Å²) in [4.78, 5) is 28.4. The quantitative estimate of drug-likeness (QED) is 0.601. The maximum atomic E-state index is 12.1. The molecule has 0 N–H and O–H groups in total. The lowest BCUT2D eigenvalue weighted by Crippen LogP contribution is -2.19. The Kier molecular flexibility index (Phi) is 3.48. The summed E-state index contributed by atoms with van der Waals surface area (Å²) in [7, 11) is 3.51. The van der Waals surface area contributed by atoms with Crippen LogP contribution in [0.3, 0.4) is 0 Å². The third-order valence-electron chi connectivity index (χ3n) is 2.89. The second kappa shape index (κ2) is 4.93. The number of carbonyl (C=O) groups is 2. The average molecular weight is 278 g/mol. The van der Waals surface area contributed by atoms with Gasteiger partial charge in [-0.2, -0.15) is 10.1 Å². The van der Waals surface area contributed by atoms with Crippen LogP contribution in [0.5, 0.6) is 0 Å². The second-order valence-electron chi connectivity index (χ2n) is 4.21. The van der Waals surface area contributed by atoms with Crippen molar-refractivity contribution in [1.82, 2.24) is 14.3 Å². The Balaban J connectivity index is 2.41. The lowest BCUT2D eigenvalue weighted by molar-refractivity contribution is -0.114. The number of carbonyl (C=O) groups excluding carboxylic acids is 2. The van der Waals surface area contributed by atoms with E-state index in [0.29, 0.717) is 21.8 Å². The fourth-order valence-electron chi connectivity index (χ4n) is 1.78. The van der Waals surface area contributed by atoms with E-state index in [2.05, 4.69) is 10.1 Å². The summed E-state index contributed by atoms with van der Waals surface area (Å²) in [5, 5.41) is 5.93. The molecule has 0 fully saturated rings. The van der Waals surface area contributed by atoms with E-state index < -0.39 is 11.7 Å². The Hall–Kier alpha value is -2.02. The van der Waals surface area contributed by atoms with Crippen molar-refractivity contribution < 1.29 is 9.59 Å². The van der Waals surface area contributed by atoms with E-state index in [9.17, 15) is 9.59 Å². The first-order valence-electron chi connectivity index (χ1n) is 5.65. The number of aromatic nitrogens is 3. The largest absolute Gasteiger partial charge is 0.327 e. The first-order chi connectivity index (χ1) is 8.91. The molecule has 0 spiro atoms. The van der Waals surface area contributed by atoms with Crippen molar-refractivity contribution in [3.63, 3.8) is 0 Å². The van der Waals surface area contributed by atoms with Crippen LogP contribution in [0.1, 0.15) is 21.7 Å². The first-order valence-corrected chi connectivity index (χ1v) is 6.53. The Morgan fingerprint density at radius 1 is 1.32 bits per heavy atom. The zero-order valence-corrected chi connectivity index (χ0v) is 12.0. The van der Waals surface area contributed by atoms with Gasteiger partial charge in [0.05, 0.1) is 11.3 Å². The summed E-state index contributed by atoms with van der Waals surface area (Å²) in [5.41, 5.74) is 1.56. The molecule has 1 amide bonds. The Labute approximate surface area is 114 Å². The number of hydrogen-bond donors (Lipinski definition) is 0. The molecule has 0 unspecified atom stereocenters. The molecule has 0 aliphatic rings. The summed E-state index contributed by atoms with van der Waals surface area (Å²) in [6.45, 7) is 3.46. The van der Waals surface area contributed by atoms with Crippen molar-refractivity contribution in [3.05, 3.63) is 33.3 Å². The van der Waals surface area contributed by atoms with Crippen LogP contribution in [0.4, 0.5) is 0 Å². The van der Waals surface area contributed by atoms with Crippen molar-refractivity contribution >= 4 is 23.0 Å². The van der Waals surface area contributed by atoms with Gasteiger partial charge in [-0.1, -0.05) is 0 Å². The lowest BCUT2D eigenvalue weighted by Gasteiger charge is -1.97. The van der Waals surface area contributed by atoms with Gasteiger partial charge in [0.25, 0.3) is 5.78 Å². The minimum absolute atomic E-state index is 0.343. The Bertz CT molecular complexity index is 720. The molecule has 7 heteroatoms. The van der Waals surface area contributed by atoms with Gasteiger partial charge in [-0.3, -0.25) is 14.3 Å². The van der Waals surface area contributed by atoms with E-state index in [1.54, 1.807) is 48.8 Å². The lowest BCUT2D eigenvalue weighted by atomic mass is 10.1. The summed E-state index contributed by atoms with van der Waals surface area (Å²) in [6, 6.07) is 0. The molecule has 19 heavy (non-hydrogen) atoms. The molecule has 100 valence electrons. The van der Waals surface area contributed by atoms with Crippen molar-refractivity contribution in [3.8, 4) is 0 Å². The molecule has 0 aromatic carbocycles. The maximum absolute atomic E-state index is 12.1. The van der Waals surface area contributed by atoms with Gasteiger partial charge in [0.1, 0.15) is 0 Å². The Morgan fingerprint density at radius 2 is 2.00 bits per heavy atom. The number of ketones is 1. The predicted octanol–water partition coefficient (Wildman–Crippen LogP) is 0.747. The van der Waals surface area contributed by atoms with Gasteiger partial charge in [0.15, 0.2) is 4.80 Å². The highest BCUT2D eigenvalue weighted by molar-refractivity contribution is 7.07. The molecule has 2 aromatic rings. The van der Waals surface area contributed by atoms with Crippen LogP contribution < -0.4 is 4.80 Å². The van der Waals surface area contributed by atoms with Gasteiger partial charge in [0.2, 0.25) is 0 Å². The van der Waals surface area contributed by atoms with Gasteiger partial charge in [0, 0.05) is 31.4 Å². The van der Waals surface area contributed by atoms with Gasteiger partial charge < -0.3 is 4.57 Å². The minimum atomic E-state index is -0.766. The highest BCUT2D eigenvalue weighted by atomic mass is 32.1. The van der Waals surface area contributed by atoms with E-state index >= 15 is 0 Å². The molecule has 0 bridgehead atoms. The van der Waals surface area contributed by atoms with Crippen molar-refractivity contribution in [2.24, 2.45) is 19.1 Å². The number of amides is 1. The van der Waals surface area contributed by atoms with E-state index in [0.717, 1.165) is 0 Å². The van der Waals surface area contributed by atoms with Gasteiger partial charge in [-0.25, -0.2) is 0 Å². The summed E-state index contributed by atoms with van der Waals surface area (Å²) in [5.74, 6) is -1.38. The minimum Gasteiger partial charge on any atom is -0.327 e. The van der Waals surface area contributed by atoms with Crippen LogP contribution in [-0.4, -0.2) is 26.0 Å². The van der Waals surface area contributed by atoms with Gasteiger partial charge in [-0.05, 0) is 13.8 Å². The number of hydrogen-bond acceptors (Lipinski definition) is 4. The molecule has 0 saturated heterocycles. The third-order valence-corrected chi connectivity index (χ3v) is 3.74. The monoisotopic (exact) mass is 278 g/mol. The van der Waals surface area contributed by atoms with Crippen LogP contribution >= 0.6 is 11.3 Å². The van der Waals surface area contributed by atoms with Crippen LogP contribution in [0.15, 0.2) is 16.6 Å². The Morgan fingerprint density at radius 3 is 2.47 bits per heavy atom. The molecule has 6 nitrogen and oxygen atoms in total. The molecule has 0 aliphatic heterocycles. The highest BCUT2D eigenvalue weighted by Crippen LogP contribution is 2.13. The van der Waals surface area contributed by atoms with Crippen molar-refractivity contribution in [2.45, 2.75) is 13.8 Å². The van der Waals surface area contributed by atoms with E-state index in [4.69, 9.17) is 0 Å². The zero-order chi connectivity index (χ0) is 14.2. The molecule has 0 atom stereocenters. The summed E-state index contributed by atoms with van der Waals surface area (Å²) in [6.07, 6.45) is 1.78. The second-order valence-corrected chi connectivity index (χ2v) is 5.09. The van der Waals surface area contributed by atoms with E-state index in [1.807, 2.05) is 0 Å². The normalized spacial score (nSPS) is 11.9. The number of rotatable bonds is 2. The molecule has 0 radical (unpaired) electrons. The fourth-order valence-corrected chi connectivity index (χ4v) is 2.51. The SMILES string of the molecule is Cc1nn(C)c(C)c1C(=O)C(=O)N=c1sccn1C. The summed E-state index contributed by atoms with van der Waals surface area (Å²) >= 11 is 1.31. The van der Waals surface area contributed by atoms with Crippen LogP contribution in [0.25, 0.3) is 0 Å². The maximum Gasteiger partial charge on any atom is 0.320 e. The standard InChI is InChI=1S/C12H14N4O2S/c1-7-9(8(2)16(4)14-7)10(17)11(18)13-12-15(3)5-6-19-12/h5-6H,1-4H3. The zero-order valence-electron chi connectivity index (χ0n) is 11.2. The van der Waals surface area contributed by atoms with E-state index in [1.165, 1.54) is 11.3 Å². The molecule has 2 heterocycles. The molecule has 0 aliphatic carbocycles. The summed E-state index contributed by atoms with van der Waals surface area (Å²) < 4.78 is 3.28. The van der Waals surface area contributed by atoms with Gasteiger partial charge in [-0.15, -0.1) is 11.3 Å². The van der Waals surface area contributed by atoms with Crippen LogP contribution in [0, 0.1) is 13.8 Å². The molecule has 0 saturated carbocycles. The number of thiazole rings is 1. The molecular weight excluding hydrogens is 264 g/mol. The molecule has 2 aromatic heterocycles. The number of aryl methyl sites for hydroxylation is 3. The average Bonchev–Trinajstić information content (AvgIpc) is 2.84. The van der Waals surface area contributed by atoms with Crippen molar-refractivity contribution in [1.29, 1.82) is 0 Å². The van der Waals surface area contributed by atoms with Crippen molar-refractivity contribution in [2.75, 3.05) is 0 Å². The smallest absolute Gasteiger partial charge is 0.320 e. The number of Topliss-reactive ketones (excluding diaryl/α,β-unsaturated/α-hetero) is 1. The molecular formula is C12H14N4O2S. The fraction of sp³-hybridized carbons (Fsp3) is 0.333. The molecule has 2 rings (SSSR count). The van der Waals surface area contributed by atoms with E-state index in [-0.39, 0.29) is 0 Å². The van der Waals surface area contributed by atoms with Gasteiger partial charge >= 0.3 is 5.91 Å². The first kappa shape index (κ1) is 13.4.